The molecule has 0 atom stereocenters. The van der Waals surface area contributed by atoms with Gasteiger partial charge in [0.25, 0.3) is 0 Å². The Bertz CT molecular complexity index is 546. The van der Waals surface area contributed by atoms with Crippen LogP contribution < -0.4 is 0 Å². The Morgan fingerprint density at radius 2 is 2.24 bits per heavy atom. The number of hydrogen-bond acceptors (Lipinski definition) is 2. The van der Waals surface area contributed by atoms with Crippen molar-refractivity contribution in [2.75, 3.05) is 0 Å². The number of rotatable bonds is 3. The van der Waals surface area contributed by atoms with Gasteiger partial charge in [-0.1, -0.05) is 22.4 Å². The highest BCUT2D eigenvalue weighted by Crippen LogP contribution is 2.30. The van der Waals surface area contributed by atoms with Crippen molar-refractivity contribution in [1.29, 1.82) is 0 Å². The van der Waals surface area contributed by atoms with Crippen LogP contribution in [0, 0.1) is 5.92 Å². The standard InChI is InChI=1S/C13H15BrN2O/c14-10-4-5-12-11(6-10)13(8-17)16(15-12)7-9-2-1-3-9/h4-6,9,17H,1-3,7-8H2. The lowest BCUT2D eigenvalue weighted by Crippen LogP contribution is -2.20. The van der Waals surface area contributed by atoms with Crippen molar-refractivity contribution < 1.29 is 5.11 Å². The predicted octanol–water partition coefficient (Wildman–Crippen LogP) is 3.09. The van der Waals surface area contributed by atoms with E-state index >= 15 is 0 Å². The fraction of sp³-hybridized carbons (Fsp3) is 0.462. The largest absolute Gasteiger partial charge is 0.390 e. The van der Waals surface area contributed by atoms with Gasteiger partial charge in [0, 0.05) is 16.4 Å². The summed E-state index contributed by atoms with van der Waals surface area (Å²) in [6, 6.07) is 6.02. The molecule has 1 aromatic carbocycles. The summed E-state index contributed by atoms with van der Waals surface area (Å²) in [6.07, 6.45) is 3.93. The minimum absolute atomic E-state index is 0.0552. The molecule has 0 spiro atoms. The van der Waals surface area contributed by atoms with Crippen molar-refractivity contribution in [2.45, 2.75) is 32.4 Å². The summed E-state index contributed by atoms with van der Waals surface area (Å²) in [5, 5.41) is 15.2. The molecule has 1 fully saturated rings. The normalized spacial score (nSPS) is 16.4. The van der Waals surface area contributed by atoms with Crippen LogP contribution >= 0.6 is 15.9 Å². The van der Waals surface area contributed by atoms with E-state index in [-0.39, 0.29) is 6.61 Å². The van der Waals surface area contributed by atoms with Crippen molar-refractivity contribution in [1.82, 2.24) is 9.78 Å². The summed E-state index contributed by atoms with van der Waals surface area (Å²) in [5.74, 6) is 0.748. The van der Waals surface area contributed by atoms with Crippen LogP contribution in [0.15, 0.2) is 22.7 Å². The van der Waals surface area contributed by atoms with Crippen molar-refractivity contribution >= 4 is 26.8 Å². The molecule has 0 unspecified atom stereocenters. The summed E-state index contributed by atoms with van der Waals surface area (Å²) in [5.41, 5.74) is 1.91. The highest BCUT2D eigenvalue weighted by molar-refractivity contribution is 9.10. The highest BCUT2D eigenvalue weighted by Gasteiger charge is 2.20. The number of aliphatic hydroxyl groups excluding tert-OH is 1. The van der Waals surface area contributed by atoms with E-state index in [4.69, 9.17) is 0 Å². The molecule has 4 heteroatoms. The van der Waals surface area contributed by atoms with Crippen LogP contribution in [0.2, 0.25) is 0 Å². The molecule has 3 nitrogen and oxygen atoms in total. The quantitative estimate of drug-likeness (QED) is 0.945. The maximum atomic E-state index is 9.52. The average molecular weight is 295 g/mol. The number of nitrogens with zero attached hydrogens (tertiary/aromatic N) is 2. The number of aromatic nitrogens is 2. The van der Waals surface area contributed by atoms with Gasteiger partial charge in [-0.25, -0.2) is 0 Å². The van der Waals surface area contributed by atoms with Crippen LogP contribution in [0.3, 0.4) is 0 Å². The first kappa shape index (κ1) is 11.2. The van der Waals surface area contributed by atoms with E-state index in [1.165, 1.54) is 19.3 Å². The average Bonchev–Trinajstić information content (AvgIpc) is 2.60. The summed E-state index contributed by atoms with van der Waals surface area (Å²) in [6.45, 7) is 1.00. The summed E-state index contributed by atoms with van der Waals surface area (Å²) in [4.78, 5) is 0. The first-order valence-corrected chi connectivity index (χ1v) is 6.83. The second-order valence-corrected chi connectivity index (χ2v) is 5.66. The van der Waals surface area contributed by atoms with Crippen LogP contribution in [-0.4, -0.2) is 14.9 Å². The van der Waals surface area contributed by atoms with E-state index < -0.39 is 0 Å². The Labute approximate surface area is 109 Å². The number of fused-ring (bicyclic) bond motifs is 1. The molecule has 3 rings (SSSR count). The molecule has 0 aliphatic heterocycles. The van der Waals surface area contributed by atoms with Gasteiger partial charge in [0.2, 0.25) is 0 Å². The molecule has 1 saturated carbocycles. The van der Waals surface area contributed by atoms with E-state index in [2.05, 4.69) is 21.0 Å². The Morgan fingerprint density at radius 3 is 2.88 bits per heavy atom. The Balaban J connectivity index is 2.04. The van der Waals surface area contributed by atoms with Crippen molar-refractivity contribution in [3.05, 3.63) is 28.4 Å². The third-order valence-electron chi connectivity index (χ3n) is 3.62. The predicted molar refractivity (Wildman–Crippen MR) is 70.7 cm³/mol. The SMILES string of the molecule is OCc1c2cc(Br)ccc2nn1CC1CCC1. The van der Waals surface area contributed by atoms with Gasteiger partial charge in [0.1, 0.15) is 0 Å². The van der Waals surface area contributed by atoms with E-state index in [0.717, 1.165) is 33.5 Å². The van der Waals surface area contributed by atoms with Gasteiger partial charge in [0.05, 0.1) is 17.8 Å². The van der Waals surface area contributed by atoms with Gasteiger partial charge >= 0.3 is 0 Å². The third kappa shape index (κ3) is 2.00. The second kappa shape index (κ2) is 4.42. The van der Waals surface area contributed by atoms with Gasteiger partial charge in [-0.05, 0) is 37.0 Å². The Kier molecular flexibility index (Phi) is 2.92. The van der Waals surface area contributed by atoms with Gasteiger partial charge in [0.15, 0.2) is 0 Å². The Hall–Kier alpha value is -0.870. The van der Waals surface area contributed by atoms with E-state index in [0.29, 0.717) is 0 Å². The van der Waals surface area contributed by atoms with Crippen LogP contribution in [0.1, 0.15) is 25.0 Å². The molecular weight excluding hydrogens is 280 g/mol. The molecule has 0 radical (unpaired) electrons. The maximum Gasteiger partial charge on any atom is 0.0927 e. The molecule has 1 aliphatic rings. The first-order valence-electron chi connectivity index (χ1n) is 6.03. The zero-order valence-corrected chi connectivity index (χ0v) is 11.2. The topological polar surface area (TPSA) is 38.1 Å². The van der Waals surface area contributed by atoms with Gasteiger partial charge in [-0.15, -0.1) is 0 Å². The lowest BCUT2D eigenvalue weighted by atomic mass is 9.85. The fourth-order valence-corrected chi connectivity index (χ4v) is 2.75. The lowest BCUT2D eigenvalue weighted by molar-refractivity contribution is 0.238. The third-order valence-corrected chi connectivity index (χ3v) is 4.11. The summed E-state index contributed by atoms with van der Waals surface area (Å²) < 4.78 is 3.02. The first-order chi connectivity index (χ1) is 8.28. The monoisotopic (exact) mass is 294 g/mol. The van der Waals surface area contributed by atoms with E-state index in [1.807, 2.05) is 22.9 Å². The zero-order chi connectivity index (χ0) is 11.8. The molecule has 1 aliphatic carbocycles. The van der Waals surface area contributed by atoms with Gasteiger partial charge in [-0.3, -0.25) is 4.68 Å². The van der Waals surface area contributed by atoms with Gasteiger partial charge in [-0.2, -0.15) is 5.10 Å². The molecule has 0 bridgehead atoms. The molecule has 1 N–H and O–H groups in total. The van der Waals surface area contributed by atoms with E-state index in [9.17, 15) is 5.11 Å². The molecule has 1 heterocycles. The fourth-order valence-electron chi connectivity index (χ4n) is 2.39. The minimum Gasteiger partial charge on any atom is -0.390 e. The molecule has 2 aromatic rings. The second-order valence-electron chi connectivity index (χ2n) is 4.75. The number of hydrogen-bond donors (Lipinski definition) is 1. The van der Waals surface area contributed by atoms with Crippen LogP contribution in [-0.2, 0) is 13.2 Å². The maximum absolute atomic E-state index is 9.52. The molecule has 0 amide bonds. The molecule has 17 heavy (non-hydrogen) atoms. The molecular formula is C13H15BrN2O. The smallest absolute Gasteiger partial charge is 0.0927 e. The number of benzene rings is 1. The van der Waals surface area contributed by atoms with Crippen molar-refractivity contribution in [2.24, 2.45) is 5.92 Å². The van der Waals surface area contributed by atoms with Crippen LogP contribution in [0.4, 0.5) is 0 Å². The number of halogens is 1. The van der Waals surface area contributed by atoms with E-state index in [1.54, 1.807) is 0 Å². The number of aliphatic hydroxyl groups is 1. The zero-order valence-electron chi connectivity index (χ0n) is 9.56. The molecule has 90 valence electrons. The molecule has 1 aromatic heterocycles. The summed E-state index contributed by atoms with van der Waals surface area (Å²) in [7, 11) is 0. The minimum atomic E-state index is 0.0552. The van der Waals surface area contributed by atoms with Gasteiger partial charge < -0.3 is 5.11 Å². The lowest BCUT2D eigenvalue weighted by Gasteiger charge is -2.25. The van der Waals surface area contributed by atoms with Crippen LogP contribution in [0.25, 0.3) is 10.9 Å². The van der Waals surface area contributed by atoms with Crippen molar-refractivity contribution in [3.63, 3.8) is 0 Å². The van der Waals surface area contributed by atoms with Crippen molar-refractivity contribution in [3.8, 4) is 0 Å². The van der Waals surface area contributed by atoms with Crippen LogP contribution in [0.5, 0.6) is 0 Å². The Morgan fingerprint density at radius 1 is 1.41 bits per heavy atom. The molecule has 0 saturated heterocycles. The summed E-state index contributed by atoms with van der Waals surface area (Å²) >= 11 is 3.46. The highest BCUT2D eigenvalue weighted by atomic mass is 79.9.